The number of benzene rings is 1. The minimum absolute atomic E-state index is 0.0721. The number of carboxylic acids is 1. The van der Waals surface area contributed by atoms with E-state index in [1.54, 1.807) is 11.1 Å². The van der Waals surface area contributed by atoms with Gasteiger partial charge in [0, 0.05) is 35.6 Å². The second-order valence-corrected chi connectivity index (χ2v) is 9.91. The van der Waals surface area contributed by atoms with Crippen LogP contribution in [0.1, 0.15) is 24.8 Å². The van der Waals surface area contributed by atoms with Crippen molar-refractivity contribution >= 4 is 37.8 Å². The zero-order valence-electron chi connectivity index (χ0n) is 16.1. The number of H-pyrrole nitrogens is 2. The number of nitrogens with one attached hydrogen (secondary N) is 3. The van der Waals surface area contributed by atoms with Crippen molar-refractivity contribution in [2.45, 2.75) is 30.6 Å². The van der Waals surface area contributed by atoms with E-state index >= 15 is 0 Å². The van der Waals surface area contributed by atoms with Gasteiger partial charge in [0.2, 0.25) is 0 Å². The minimum Gasteiger partial charge on any atom is -0.481 e. The van der Waals surface area contributed by atoms with Crippen LogP contribution in [0.3, 0.4) is 0 Å². The maximum Gasteiger partial charge on any atom is 0.307 e. The van der Waals surface area contributed by atoms with E-state index in [9.17, 15) is 23.1 Å². The number of carbonyl (C=O) groups is 1. The van der Waals surface area contributed by atoms with Gasteiger partial charge in [-0.25, -0.2) is 13.4 Å². The molecule has 2 fully saturated rings. The molecule has 1 saturated heterocycles. The summed E-state index contributed by atoms with van der Waals surface area (Å²) in [5.41, 5.74) is 0.733. The SMILES string of the molecule is O=C(O)Cc1c[nH]c2c(=O)[nH]c3ccc(S(=O)(=O)NN4CC5CCCC5C4)cc3c12. The number of hydrazine groups is 1. The first-order chi connectivity index (χ1) is 14.3. The molecule has 5 rings (SSSR count). The number of fused-ring (bicyclic) bond motifs is 4. The predicted molar refractivity (Wildman–Crippen MR) is 110 cm³/mol. The Hall–Kier alpha value is -2.69. The number of pyridine rings is 1. The number of aromatic amines is 2. The van der Waals surface area contributed by atoms with Gasteiger partial charge < -0.3 is 15.1 Å². The second-order valence-electron chi connectivity index (χ2n) is 8.25. The molecule has 2 unspecified atom stereocenters. The Labute approximate surface area is 172 Å². The van der Waals surface area contributed by atoms with Gasteiger partial charge in [0.15, 0.2) is 0 Å². The molecule has 9 nitrogen and oxygen atoms in total. The molecule has 10 heteroatoms. The van der Waals surface area contributed by atoms with Crippen molar-refractivity contribution in [3.63, 3.8) is 0 Å². The molecule has 1 aromatic carbocycles. The first kappa shape index (κ1) is 19.3. The van der Waals surface area contributed by atoms with Gasteiger partial charge in [-0.3, -0.25) is 9.59 Å². The van der Waals surface area contributed by atoms with Crippen molar-refractivity contribution in [3.8, 4) is 0 Å². The van der Waals surface area contributed by atoms with E-state index in [1.807, 2.05) is 0 Å². The van der Waals surface area contributed by atoms with Gasteiger partial charge >= 0.3 is 5.97 Å². The van der Waals surface area contributed by atoms with Crippen molar-refractivity contribution in [3.05, 3.63) is 40.3 Å². The summed E-state index contributed by atoms with van der Waals surface area (Å²) in [5, 5.41) is 11.9. The van der Waals surface area contributed by atoms with Crippen molar-refractivity contribution in [2.24, 2.45) is 11.8 Å². The molecule has 3 aromatic rings. The van der Waals surface area contributed by atoms with Crippen LogP contribution < -0.4 is 10.4 Å². The van der Waals surface area contributed by atoms with E-state index in [-0.39, 0.29) is 22.4 Å². The van der Waals surface area contributed by atoms with Crippen LogP contribution in [0.15, 0.2) is 34.1 Å². The summed E-state index contributed by atoms with van der Waals surface area (Å²) in [6.45, 7) is 1.44. The standard InChI is InChI=1S/C20H22N4O5S/c25-17(26)6-13-8-21-19-18(13)15-7-14(4-5-16(15)22-20(19)27)30(28,29)23-24-9-11-2-1-3-12(11)10-24/h4-5,7-8,11-12,21,23H,1-3,6,9-10H2,(H,22,27)(H,25,26). The van der Waals surface area contributed by atoms with Gasteiger partial charge in [0.25, 0.3) is 15.6 Å². The molecule has 4 N–H and O–H groups in total. The third-order valence-corrected chi connectivity index (χ3v) is 7.70. The average Bonchev–Trinajstić information content (AvgIpc) is 3.36. The highest BCUT2D eigenvalue weighted by molar-refractivity contribution is 7.89. The Morgan fingerprint density at radius 3 is 2.67 bits per heavy atom. The van der Waals surface area contributed by atoms with Crippen molar-refractivity contribution in [1.82, 2.24) is 19.8 Å². The fraction of sp³-hybridized carbons (Fsp3) is 0.400. The highest BCUT2D eigenvalue weighted by Gasteiger charge is 2.37. The van der Waals surface area contributed by atoms with Crippen LogP contribution >= 0.6 is 0 Å². The Balaban J connectivity index is 1.55. The Kier molecular flexibility index (Phi) is 4.46. The molecule has 2 aliphatic rings. The van der Waals surface area contributed by atoms with Crippen molar-refractivity contribution < 1.29 is 18.3 Å². The van der Waals surface area contributed by atoms with Gasteiger partial charge in [0.05, 0.1) is 11.3 Å². The molecule has 1 saturated carbocycles. The quantitative estimate of drug-likeness (QED) is 0.485. The third kappa shape index (κ3) is 3.21. The van der Waals surface area contributed by atoms with E-state index in [4.69, 9.17) is 0 Å². The molecule has 0 radical (unpaired) electrons. The molecule has 1 aliphatic carbocycles. The summed E-state index contributed by atoms with van der Waals surface area (Å²) in [6.07, 6.45) is 4.71. The Morgan fingerprint density at radius 2 is 1.97 bits per heavy atom. The molecule has 1 aliphatic heterocycles. The summed E-state index contributed by atoms with van der Waals surface area (Å²) < 4.78 is 26.1. The zero-order valence-corrected chi connectivity index (χ0v) is 17.0. The van der Waals surface area contributed by atoms with Crippen LogP contribution in [-0.2, 0) is 21.2 Å². The molecule has 0 amide bonds. The lowest BCUT2D eigenvalue weighted by molar-refractivity contribution is -0.136. The molecular formula is C20H22N4O5S. The summed E-state index contributed by atoms with van der Waals surface area (Å²) >= 11 is 0. The first-order valence-corrected chi connectivity index (χ1v) is 11.5. The third-order valence-electron chi connectivity index (χ3n) is 6.33. The van der Waals surface area contributed by atoms with E-state index < -0.39 is 16.0 Å². The van der Waals surface area contributed by atoms with Gasteiger partial charge in [-0.1, -0.05) is 6.42 Å². The summed E-state index contributed by atoms with van der Waals surface area (Å²) in [6, 6.07) is 4.49. The number of sulfonamides is 1. The van der Waals surface area contributed by atoms with Gasteiger partial charge in [-0.2, -0.15) is 0 Å². The summed E-state index contributed by atoms with van der Waals surface area (Å²) in [5.74, 6) is 0.0641. The molecular weight excluding hydrogens is 408 g/mol. The highest BCUT2D eigenvalue weighted by atomic mass is 32.2. The molecule has 2 aromatic heterocycles. The summed E-state index contributed by atoms with van der Waals surface area (Å²) in [4.78, 5) is 31.8. The smallest absolute Gasteiger partial charge is 0.307 e. The number of aromatic nitrogens is 2. The molecule has 158 valence electrons. The second kappa shape index (κ2) is 6.93. The largest absolute Gasteiger partial charge is 0.481 e. The minimum atomic E-state index is -3.81. The number of hydrogen-bond donors (Lipinski definition) is 4. The predicted octanol–water partition coefficient (Wildman–Crippen LogP) is 1.56. The van der Waals surface area contributed by atoms with E-state index in [0.29, 0.717) is 33.7 Å². The van der Waals surface area contributed by atoms with E-state index in [2.05, 4.69) is 14.8 Å². The number of nitrogens with zero attached hydrogens (tertiary/aromatic N) is 1. The molecule has 30 heavy (non-hydrogen) atoms. The van der Waals surface area contributed by atoms with Crippen LogP contribution in [-0.4, -0.2) is 47.6 Å². The lowest BCUT2D eigenvalue weighted by atomic mass is 10.0. The average molecular weight is 430 g/mol. The molecule has 3 heterocycles. The van der Waals surface area contributed by atoms with Gasteiger partial charge in [-0.05, 0) is 48.4 Å². The first-order valence-electron chi connectivity index (χ1n) is 9.97. The van der Waals surface area contributed by atoms with Crippen LogP contribution in [0.5, 0.6) is 0 Å². The van der Waals surface area contributed by atoms with Crippen LogP contribution in [0, 0.1) is 11.8 Å². The molecule has 0 bridgehead atoms. The highest BCUT2D eigenvalue weighted by Crippen LogP contribution is 2.37. The summed E-state index contributed by atoms with van der Waals surface area (Å²) in [7, 11) is -3.81. The fourth-order valence-electron chi connectivity index (χ4n) is 4.98. The number of carboxylic acid groups (broad SMARTS) is 1. The lowest BCUT2D eigenvalue weighted by Crippen LogP contribution is -2.41. The normalized spacial score (nSPS) is 22.1. The van der Waals surface area contributed by atoms with E-state index in [1.165, 1.54) is 24.8 Å². The van der Waals surface area contributed by atoms with Crippen molar-refractivity contribution in [1.29, 1.82) is 0 Å². The number of rotatable bonds is 5. The maximum absolute atomic E-state index is 13.0. The Bertz CT molecular complexity index is 1310. The van der Waals surface area contributed by atoms with Crippen LogP contribution in [0.2, 0.25) is 0 Å². The van der Waals surface area contributed by atoms with Crippen LogP contribution in [0.25, 0.3) is 21.8 Å². The van der Waals surface area contributed by atoms with Crippen LogP contribution in [0.4, 0.5) is 0 Å². The van der Waals surface area contributed by atoms with Gasteiger partial charge in [0.1, 0.15) is 5.52 Å². The van der Waals surface area contributed by atoms with Crippen molar-refractivity contribution in [2.75, 3.05) is 13.1 Å². The molecule has 2 atom stereocenters. The number of aliphatic carboxylic acids is 1. The monoisotopic (exact) mass is 430 g/mol. The lowest BCUT2D eigenvalue weighted by Gasteiger charge is -2.18. The van der Waals surface area contributed by atoms with E-state index in [0.717, 1.165) is 25.9 Å². The topological polar surface area (TPSA) is 135 Å². The molecule has 0 spiro atoms. The maximum atomic E-state index is 13.0. The Morgan fingerprint density at radius 1 is 1.23 bits per heavy atom. The zero-order chi connectivity index (χ0) is 21.0. The number of hydrogen-bond acceptors (Lipinski definition) is 5. The van der Waals surface area contributed by atoms with Gasteiger partial charge in [-0.15, -0.1) is 4.83 Å². The fourth-order valence-corrected chi connectivity index (χ4v) is 6.09.